The summed E-state index contributed by atoms with van der Waals surface area (Å²) in [6.07, 6.45) is 1.61. The van der Waals surface area contributed by atoms with Crippen molar-refractivity contribution in [1.82, 2.24) is 5.32 Å². The number of hydrogen-bond acceptors (Lipinski definition) is 2. The molecule has 1 aliphatic rings. The number of nitrogens with one attached hydrogen (secondary N) is 1. The fourth-order valence-electron chi connectivity index (χ4n) is 2.07. The van der Waals surface area contributed by atoms with Crippen LogP contribution in [-0.4, -0.2) is 12.7 Å². The molecule has 3 heteroatoms. The first-order valence-corrected chi connectivity index (χ1v) is 5.27. The van der Waals surface area contributed by atoms with Crippen LogP contribution in [0.4, 0.5) is 4.79 Å². The van der Waals surface area contributed by atoms with Gasteiger partial charge < -0.3 is 10.1 Å². The van der Waals surface area contributed by atoms with E-state index in [1.807, 2.05) is 30.3 Å². The highest BCUT2D eigenvalue weighted by molar-refractivity contribution is 5.71. The van der Waals surface area contributed by atoms with Gasteiger partial charge in [-0.3, -0.25) is 0 Å². The Kier molecular flexibility index (Phi) is 2.62. The molecule has 1 unspecified atom stereocenters. The number of benzene rings is 1. The van der Waals surface area contributed by atoms with Crippen molar-refractivity contribution in [3.05, 3.63) is 35.9 Å². The predicted octanol–water partition coefficient (Wildman–Crippen LogP) is 2.42. The number of hydrogen-bond donors (Lipinski definition) is 1. The standard InChI is InChI=1S/C12H15NO2/c1-2-8-12(9-15-11(14)13-12)10-6-4-3-5-7-10/h3-7H,2,8-9H2,1H3,(H,13,14). The number of amides is 1. The van der Waals surface area contributed by atoms with Gasteiger partial charge in [0.1, 0.15) is 12.1 Å². The number of ether oxygens (including phenoxy) is 1. The quantitative estimate of drug-likeness (QED) is 0.823. The first-order valence-electron chi connectivity index (χ1n) is 5.27. The maximum atomic E-state index is 11.2. The fourth-order valence-corrected chi connectivity index (χ4v) is 2.07. The molecule has 1 aromatic carbocycles. The van der Waals surface area contributed by atoms with E-state index >= 15 is 0 Å². The lowest BCUT2D eigenvalue weighted by Gasteiger charge is -2.26. The molecule has 15 heavy (non-hydrogen) atoms. The van der Waals surface area contributed by atoms with Crippen molar-refractivity contribution in [3.8, 4) is 0 Å². The molecule has 1 amide bonds. The fraction of sp³-hybridized carbons (Fsp3) is 0.417. The van der Waals surface area contributed by atoms with E-state index in [9.17, 15) is 4.79 Å². The number of cyclic esters (lactones) is 1. The molecule has 1 atom stereocenters. The van der Waals surface area contributed by atoms with E-state index in [4.69, 9.17) is 4.74 Å². The van der Waals surface area contributed by atoms with Gasteiger partial charge in [-0.2, -0.15) is 0 Å². The molecule has 0 aliphatic carbocycles. The molecule has 0 saturated carbocycles. The smallest absolute Gasteiger partial charge is 0.408 e. The zero-order valence-corrected chi connectivity index (χ0v) is 8.82. The van der Waals surface area contributed by atoms with Crippen LogP contribution in [0.5, 0.6) is 0 Å². The van der Waals surface area contributed by atoms with E-state index in [1.54, 1.807) is 0 Å². The van der Waals surface area contributed by atoms with Crippen LogP contribution in [0.3, 0.4) is 0 Å². The van der Waals surface area contributed by atoms with Gasteiger partial charge in [0.2, 0.25) is 0 Å². The van der Waals surface area contributed by atoms with Crippen molar-refractivity contribution in [2.75, 3.05) is 6.61 Å². The average Bonchev–Trinajstić information content (AvgIpc) is 2.63. The van der Waals surface area contributed by atoms with E-state index in [1.165, 1.54) is 0 Å². The summed E-state index contributed by atoms with van der Waals surface area (Å²) in [6, 6.07) is 10.0. The SMILES string of the molecule is CCCC1(c2ccccc2)COC(=O)N1. The molecule has 3 nitrogen and oxygen atoms in total. The van der Waals surface area contributed by atoms with Gasteiger partial charge in [-0.1, -0.05) is 43.7 Å². The molecule has 0 bridgehead atoms. The summed E-state index contributed by atoms with van der Waals surface area (Å²) in [5.41, 5.74) is 0.810. The summed E-state index contributed by atoms with van der Waals surface area (Å²) in [6.45, 7) is 2.54. The maximum Gasteiger partial charge on any atom is 0.408 e. The van der Waals surface area contributed by atoms with E-state index < -0.39 is 0 Å². The van der Waals surface area contributed by atoms with Crippen LogP contribution in [0.1, 0.15) is 25.3 Å². The molecular formula is C12H15NO2. The van der Waals surface area contributed by atoms with Gasteiger partial charge in [0.15, 0.2) is 0 Å². The molecule has 1 fully saturated rings. The van der Waals surface area contributed by atoms with Crippen LogP contribution in [0.2, 0.25) is 0 Å². The molecule has 0 radical (unpaired) electrons. The second-order valence-electron chi connectivity index (χ2n) is 3.90. The Bertz CT molecular complexity index is 350. The van der Waals surface area contributed by atoms with Crippen molar-refractivity contribution in [2.24, 2.45) is 0 Å². The molecule has 80 valence electrons. The van der Waals surface area contributed by atoms with Crippen LogP contribution >= 0.6 is 0 Å². The summed E-state index contributed by atoms with van der Waals surface area (Å²) in [5, 5.41) is 2.92. The number of carbonyl (C=O) groups excluding carboxylic acids is 1. The number of alkyl carbamates (subject to hydrolysis) is 1. The van der Waals surface area contributed by atoms with Gasteiger partial charge in [-0.05, 0) is 12.0 Å². The largest absolute Gasteiger partial charge is 0.447 e. The van der Waals surface area contributed by atoms with E-state index in [-0.39, 0.29) is 11.6 Å². The highest BCUT2D eigenvalue weighted by atomic mass is 16.6. The summed E-state index contributed by atoms with van der Waals surface area (Å²) >= 11 is 0. The molecule has 1 aromatic rings. The molecule has 1 saturated heterocycles. The van der Waals surface area contributed by atoms with Crippen LogP contribution in [0, 0.1) is 0 Å². The molecule has 1 heterocycles. The summed E-state index contributed by atoms with van der Waals surface area (Å²) in [5.74, 6) is 0. The van der Waals surface area contributed by atoms with Gasteiger partial charge in [0, 0.05) is 0 Å². The van der Waals surface area contributed by atoms with Crippen molar-refractivity contribution in [3.63, 3.8) is 0 Å². The topological polar surface area (TPSA) is 38.3 Å². The Hall–Kier alpha value is -1.51. The zero-order valence-electron chi connectivity index (χ0n) is 8.82. The Balaban J connectivity index is 2.31. The van der Waals surface area contributed by atoms with Gasteiger partial charge in [0.05, 0.1) is 0 Å². The molecule has 2 rings (SSSR count). The van der Waals surface area contributed by atoms with E-state index in [2.05, 4.69) is 12.2 Å². The van der Waals surface area contributed by atoms with Crippen molar-refractivity contribution in [2.45, 2.75) is 25.3 Å². The third kappa shape index (κ3) is 1.82. The molecule has 0 spiro atoms. The second kappa shape index (κ2) is 3.93. The van der Waals surface area contributed by atoms with E-state index in [0.717, 1.165) is 18.4 Å². The number of carbonyl (C=O) groups is 1. The highest BCUT2D eigenvalue weighted by Gasteiger charge is 2.40. The summed E-state index contributed by atoms with van der Waals surface area (Å²) < 4.78 is 5.03. The lowest BCUT2D eigenvalue weighted by molar-refractivity contribution is 0.171. The first-order chi connectivity index (χ1) is 7.27. The Morgan fingerprint density at radius 3 is 2.67 bits per heavy atom. The lowest BCUT2D eigenvalue weighted by atomic mass is 9.87. The van der Waals surface area contributed by atoms with Crippen molar-refractivity contribution in [1.29, 1.82) is 0 Å². The van der Waals surface area contributed by atoms with E-state index in [0.29, 0.717) is 6.61 Å². The van der Waals surface area contributed by atoms with Gasteiger partial charge in [-0.25, -0.2) is 4.79 Å². The Labute approximate surface area is 89.4 Å². The molecule has 1 N–H and O–H groups in total. The van der Waals surface area contributed by atoms with Gasteiger partial charge in [0.25, 0.3) is 0 Å². The van der Waals surface area contributed by atoms with Crippen LogP contribution in [-0.2, 0) is 10.3 Å². The molecule has 0 aromatic heterocycles. The van der Waals surface area contributed by atoms with Crippen LogP contribution in [0.15, 0.2) is 30.3 Å². The minimum atomic E-state index is -0.313. The minimum absolute atomic E-state index is 0.312. The monoisotopic (exact) mass is 205 g/mol. The third-order valence-electron chi connectivity index (χ3n) is 2.79. The normalized spacial score (nSPS) is 24.7. The van der Waals surface area contributed by atoms with Gasteiger partial charge >= 0.3 is 6.09 Å². The third-order valence-corrected chi connectivity index (χ3v) is 2.79. The minimum Gasteiger partial charge on any atom is -0.447 e. The zero-order chi connectivity index (χ0) is 10.7. The highest BCUT2D eigenvalue weighted by Crippen LogP contribution is 2.30. The first kappa shape index (κ1) is 10.0. The molecule has 1 aliphatic heterocycles. The lowest BCUT2D eigenvalue weighted by Crippen LogP contribution is -2.40. The summed E-state index contributed by atoms with van der Waals surface area (Å²) in [4.78, 5) is 11.2. The Morgan fingerprint density at radius 2 is 2.13 bits per heavy atom. The van der Waals surface area contributed by atoms with Gasteiger partial charge in [-0.15, -0.1) is 0 Å². The Morgan fingerprint density at radius 1 is 1.40 bits per heavy atom. The average molecular weight is 205 g/mol. The second-order valence-corrected chi connectivity index (χ2v) is 3.90. The number of rotatable bonds is 3. The van der Waals surface area contributed by atoms with Crippen LogP contribution in [0.25, 0.3) is 0 Å². The molecular weight excluding hydrogens is 190 g/mol. The van der Waals surface area contributed by atoms with Crippen molar-refractivity contribution >= 4 is 6.09 Å². The summed E-state index contributed by atoms with van der Waals surface area (Å²) in [7, 11) is 0. The predicted molar refractivity (Wildman–Crippen MR) is 57.5 cm³/mol. The van der Waals surface area contributed by atoms with Crippen LogP contribution < -0.4 is 5.32 Å². The van der Waals surface area contributed by atoms with Crippen molar-refractivity contribution < 1.29 is 9.53 Å². The maximum absolute atomic E-state index is 11.2.